The second-order valence-corrected chi connectivity index (χ2v) is 6.21. The molecule has 16 heavy (non-hydrogen) atoms. The minimum Gasteiger partial charge on any atom is -0.313 e. The summed E-state index contributed by atoms with van der Waals surface area (Å²) in [6.07, 6.45) is 13.0. The van der Waals surface area contributed by atoms with Gasteiger partial charge in [0.25, 0.3) is 0 Å². The molecule has 0 aromatic heterocycles. The molecule has 0 spiro atoms. The molecule has 0 bridgehead atoms. The Morgan fingerprint density at radius 1 is 1.06 bits per heavy atom. The van der Waals surface area contributed by atoms with Gasteiger partial charge < -0.3 is 5.32 Å². The maximum atomic E-state index is 3.86. The monoisotopic (exact) mass is 223 g/mol. The van der Waals surface area contributed by atoms with Crippen molar-refractivity contribution in [2.24, 2.45) is 11.3 Å². The molecule has 2 aliphatic rings. The lowest BCUT2D eigenvalue weighted by Crippen LogP contribution is -2.44. The zero-order valence-corrected chi connectivity index (χ0v) is 11.2. The van der Waals surface area contributed by atoms with E-state index in [2.05, 4.69) is 19.2 Å². The van der Waals surface area contributed by atoms with E-state index in [-0.39, 0.29) is 0 Å². The van der Waals surface area contributed by atoms with Crippen LogP contribution in [0.25, 0.3) is 0 Å². The van der Waals surface area contributed by atoms with Gasteiger partial charge >= 0.3 is 0 Å². The maximum absolute atomic E-state index is 3.86. The highest BCUT2D eigenvalue weighted by Gasteiger charge is 2.35. The van der Waals surface area contributed by atoms with Gasteiger partial charge in [0.15, 0.2) is 0 Å². The number of nitrogens with one attached hydrogen (secondary N) is 1. The molecule has 0 aromatic rings. The molecule has 0 amide bonds. The quantitative estimate of drug-likeness (QED) is 0.739. The Morgan fingerprint density at radius 3 is 2.19 bits per heavy atom. The predicted octanol–water partition coefficient (Wildman–Crippen LogP) is 4.13. The summed E-state index contributed by atoms with van der Waals surface area (Å²) in [5.41, 5.74) is 0.696. The second-order valence-electron chi connectivity index (χ2n) is 6.21. The van der Waals surface area contributed by atoms with Crippen molar-refractivity contribution in [3.05, 3.63) is 0 Å². The Kier molecular flexibility index (Phi) is 4.29. The molecule has 2 saturated carbocycles. The van der Waals surface area contributed by atoms with Crippen LogP contribution in [0.15, 0.2) is 0 Å². The fourth-order valence-electron chi connectivity index (χ4n) is 3.47. The normalized spacial score (nSPS) is 33.4. The molecular formula is C15H29N. The molecule has 94 valence electrons. The number of hydrogen-bond donors (Lipinski definition) is 1. The summed E-state index contributed by atoms with van der Waals surface area (Å²) in [6.45, 7) is 6.01. The van der Waals surface area contributed by atoms with Crippen molar-refractivity contribution in [1.82, 2.24) is 5.32 Å². The third-order valence-corrected chi connectivity index (χ3v) is 5.35. The van der Waals surface area contributed by atoms with E-state index < -0.39 is 0 Å². The first kappa shape index (κ1) is 12.4. The van der Waals surface area contributed by atoms with E-state index in [0.29, 0.717) is 5.41 Å². The van der Waals surface area contributed by atoms with Gasteiger partial charge in [-0.3, -0.25) is 0 Å². The summed E-state index contributed by atoms with van der Waals surface area (Å²) in [4.78, 5) is 0. The minimum atomic E-state index is 0.696. The lowest BCUT2D eigenvalue weighted by atomic mass is 9.67. The average Bonchev–Trinajstić information content (AvgIpc) is 2.29. The summed E-state index contributed by atoms with van der Waals surface area (Å²) in [6, 6.07) is 0.840. The molecule has 0 aliphatic heterocycles. The van der Waals surface area contributed by atoms with E-state index in [1.807, 2.05) is 0 Å². The van der Waals surface area contributed by atoms with Gasteiger partial charge in [0.2, 0.25) is 0 Å². The highest BCUT2D eigenvalue weighted by molar-refractivity contribution is 4.90. The Bertz CT molecular complexity index is 194. The van der Waals surface area contributed by atoms with Crippen LogP contribution in [-0.4, -0.2) is 12.6 Å². The van der Waals surface area contributed by atoms with Crippen LogP contribution in [0.2, 0.25) is 0 Å². The largest absolute Gasteiger partial charge is 0.313 e. The van der Waals surface area contributed by atoms with Crippen LogP contribution in [-0.2, 0) is 0 Å². The molecule has 2 fully saturated rings. The summed E-state index contributed by atoms with van der Waals surface area (Å²) >= 11 is 0. The van der Waals surface area contributed by atoms with E-state index in [0.717, 1.165) is 12.0 Å². The van der Waals surface area contributed by atoms with Gasteiger partial charge in [0.1, 0.15) is 0 Å². The molecule has 0 radical (unpaired) electrons. The molecule has 0 unspecified atom stereocenters. The summed E-state index contributed by atoms with van der Waals surface area (Å²) in [7, 11) is 0. The highest BCUT2D eigenvalue weighted by atomic mass is 14.9. The summed E-state index contributed by atoms with van der Waals surface area (Å²) in [5.74, 6) is 1.03. The van der Waals surface area contributed by atoms with Gasteiger partial charge in [-0.25, -0.2) is 0 Å². The van der Waals surface area contributed by atoms with Crippen molar-refractivity contribution in [1.29, 1.82) is 0 Å². The smallest absolute Gasteiger partial charge is 0.00674 e. The lowest BCUT2D eigenvalue weighted by Gasteiger charge is -2.43. The Balaban J connectivity index is 1.67. The first-order valence-electron chi connectivity index (χ1n) is 7.51. The Hall–Kier alpha value is -0.0400. The molecule has 2 aliphatic carbocycles. The van der Waals surface area contributed by atoms with Crippen LogP contribution < -0.4 is 5.32 Å². The van der Waals surface area contributed by atoms with Gasteiger partial charge in [0.05, 0.1) is 0 Å². The third kappa shape index (κ3) is 2.80. The van der Waals surface area contributed by atoms with Crippen molar-refractivity contribution in [3.63, 3.8) is 0 Å². The second kappa shape index (κ2) is 5.53. The van der Waals surface area contributed by atoms with Crippen LogP contribution in [0.3, 0.4) is 0 Å². The van der Waals surface area contributed by atoms with E-state index >= 15 is 0 Å². The van der Waals surface area contributed by atoms with E-state index in [4.69, 9.17) is 0 Å². The van der Waals surface area contributed by atoms with Crippen molar-refractivity contribution >= 4 is 0 Å². The minimum absolute atomic E-state index is 0.696. The maximum Gasteiger partial charge on any atom is 0.00674 e. The molecule has 0 aromatic carbocycles. The molecule has 1 heteroatoms. The van der Waals surface area contributed by atoms with Crippen LogP contribution in [0.5, 0.6) is 0 Å². The number of hydrogen-bond acceptors (Lipinski definition) is 1. The topological polar surface area (TPSA) is 12.0 Å². The van der Waals surface area contributed by atoms with Crippen LogP contribution in [0, 0.1) is 11.3 Å². The standard InChI is InChI=1S/C15H29N/c1-3-13-6-8-14(9-7-13)16-12-15(4-2)10-5-11-15/h13-14,16H,3-12H2,1-2H3. The molecule has 0 saturated heterocycles. The fourth-order valence-corrected chi connectivity index (χ4v) is 3.47. The van der Waals surface area contributed by atoms with Crippen molar-refractivity contribution < 1.29 is 0 Å². The van der Waals surface area contributed by atoms with Crippen LogP contribution in [0.1, 0.15) is 71.6 Å². The van der Waals surface area contributed by atoms with E-state index in [9.17, 15) is 0 Å². The molecule has 2 rings (SSSR count). The third-order valence-electron chi connectivity index (χ3n) is 5.35. The van der Waals surface area contributed by atoms with Crippen molar-refractivity contribution in [2.45, 2.75) is 77.7 Å². The first-order valence-corrected chi connectivity index (χ1v) is 7.51. The Morgan fingerprint density at radius 2 is 1.75 bits per heavy atom. The van der Waals surface area contributed by atoms with Gasteiger partial charge in [-0.15, -0.1) is 0 Å². The highest BCUT2D eigenvalue weighted by Crippen LogP contribution is 2.43. The van der Waals surface area contributed by atoms with Crippen molar-refractivity contribution in [3.8, 4) is 0 Å². The van der Waals surface area contributed by atoms with E-state index in [1.54, 1.807) is 0 Å². The van der Waals surface area contributed by atoms with Crippen LogP contribution >= 0.6 is 0 Å². The summed E-state index contributed by atoms with van der Waals surface area (Å²) < 4.78 is 0. The molecule has 1 nitrogen and oxygen atoms in total. The van der Waals surface area contributed by atoms with Gasteiger partial charge in [0, 0.05) is 12.6 Å². The van der Waals surface area contributed by atoms with E-state index in [1.165, 1.54) is 64.3 Å². The molecular weight excluding hydrogens is 194 g/mol. The lowest BCUT2D eigenvalue weighted by molar-refractivity contribution is 0.113. The SMILES string of the molecule is CCC1CCC(NCC2(CC)CCC2)CC1. The molecule has 0 heterocycles. The Labute approximate surface area is 101 Å². The average molecular weight is 223 g/mol. The van der Waals surface area contributed by atoms with Crippen LogP contribution in [0.4, 0.5) is 0 Å². The zero-order chi connectivity index (χ0) is 11.4. The fraction of sp³-hybridized carbons (Fsp3) is 1.00. The van der Waals surface area contributed by atoms with Gasteiger partial charge in [-0.1, -0.05) is 26.7 Å². The number of rotatable bonds is 5. The predicted molar refractivity (Wildman–Crippen MR) is 70.6 cm³/mol. The first-order chi connectivity index (χ1) is 7.78. The van der Waals surface area contributed by atoms with Gasteiger partial charge in [-0.2, -0.15) is 0 Å². The zero-order valence-electron chi connectivity index (χ0n) is 11.2. The summed E-state index contributed by atoms with van der Waals surface area (Å²) in [5, 5.41) is 3.86. The molecule has 0 atom stereocenters. The van der Waals surface area contributed by atoms with Gasteiger partial charge in [-0.05, 0) is 56.3 Å². The molecule has 1 N–H and O–H groups in total. The van der Waals surface area contributed by atoms with Crippen molar-refractivity contribution in [2.75, 3.05) is 6.54 Å².